The Morgan fingerprint density at radius 1 is 1.42 bits per heavy atom. The first-order chi connectivity index (χ1) is 9.00. The number of carbonyl (C=O) groups excluding carboxylic acids is 1. The summed E-state index contributed by atoms with van der Waals surface area (Å²) in [5, 5.41) is 9.65. The van der Waals surface area contributed by atoms with Crippen LogP contribution in [0.15, 0.2) is 0 Å². The van der Waals surface area contributed by atoms with Crippen LogP contribution in [0.25, 0.3) is 0 Å². The Morgan fingerprint density at radius 2 is 2.05 bits per heavy atom. The molecule has 0 amide bonds. The predicted octanol–water partition coefficient (Wildman–Crippen LogP) is 1.70. The number of hydrogen-bond acceptors (Lipinski definition) is 6. The van der Waals surface area contributed by atoms with E-state index in [0.29, 0.717) is 31.1 Å². The standard InChI is InChI=1S/C12H15NO5S/c1-7(14)9-8(10(15)16)13-11(19-9)12(17-2)3-5-18-6-4-12/h3-6H2,1-2H3,(H,15,16). The van der Waals surface area contributed by atoms with Gasteiger partial charge in [0, 0.05) is 40.1 Å². The van der Waals surface area contributed by atoms with Crippen molar-refractivity contribution in [2.45, 2.75) is 25.4 Å². The molecule has 1 fully saturated rings. The largest absolute Gasteiger partial charge is 0.476 e. The van der Waals surface area contributed by atoms with E-state index in [2.05, 4.69) is 4.98 Å². The molecule has 0 atom stereocenters. The Morgan fingerprint density at radius 3 is 2.47 bits per heavy atom. The van der Waals surface area contributed by atoms with Gasteiger partial charge in [0.25, 0.3) is 0 Å². The number of carboxylic acid groups (broad SMARTS) is 1. The molecule has 2 heterocycles. The van der Waals surface area contributed by atoms with Crippen LogP contribution in [0.2, 0.25) is 0 Å². The Balaban J connectivity index is 2.46. The summed E-state index contributed by atoms with van der Waals surface area (Å²) in [6.45, 7) is 2.41. The molecule has 1 N–H and O–H groups in total. The average Bonchev–Trinajstić information content (AvgIpc) is 2.85. The van der Waals surface area contributed by atoms with E-state index in [9.17, 15) is 9.59 Å². The maximum Gasteiger partial charge on any atom is 0.356 e. The van der Waals surface area contributed by atoms with Crippen molar-refractivity contribution in [2.75, 3.05) is 20.3 Å². The number of methoxy groups -OCH3 is 1. The highest BCUT2D eigenvalue weighted by atomic mass is 32.1. The van der Waals surface area contributed by atoms with Crippen LogP contribution < -0.4 is 0 Å². The van der Waals surface area contributed by atoms with E-state index in [0.717, 1.165) is 11.3 Å². The molecule has 1 saturated heterocycles. The summed E-state index contributed by atoms with van der Waals surface area (Å²) in [6, 6.07) is 0. The molecule has 0 unspecified atom stereocenters. The van der Waals surface area contributed by atoms with Crippen LogP contribution >= 0.6 is 11.3 Å². The number of nitrogens with zero attached hydrogens (tertiary/aromatic N) is 1. The van der Waals surface area contributed by atoms with Crippen molar-refractivity contribution in [3.05, 3.63) is 15.6 Å². The van der Waals surface area contributed by atoms with E-state index in [4.69, 9.17) is 14.6 Å². The van der Waals surface area contributed by atoms with Gasteiger partial charge in [-0.25, -0.2) is 9.78 Å². The molecule has 0 saturated carbocycles. The van der Waals surface area contributed by atoms with E-state index < -0.39 is 11.6 Å². The second kappa shape index (κ2) is 5.36. The van der Waals surface area contributed by atoms with Crippen LogP contribution in [0.3, 0.4) is 0 Å². The molecule has 19 heavy (non-hydrogen) atoms. The lowest BCUT2D eigenvalue weighted by atomic mass is 9.95. The van der Waals surface area contributed by atoms with E-state index in [1.807, 2.05) is 0 Å². The molecule has 6 nitrogen and oxygen atoms in total. The fourth-order valence-electron chi connectivity index (χ4n) is 2.11. The number of rotatable bonds is 4. The SMILES string of the molecule is COC1(c2nc(C(=O)O)c(C(C)=O)s2)CCOCC1. The van der Waals surface area contributed by atoms with Crippen molar-refractivity contribution in [1.29, 1.82) is 0 Å². The molecule has 0 radical (unpaired) electrons. The number of aromatic carboxylic acids is 1. The van der Waals surface area contributed by atoms with Crippen LogP contribution in [0.5, 0.6) is 0 Å². The number of ketones is 1. The molecule has 0 aliphatic carbocycles. The number of carbonyl (C=O) groups is 2. The summed E-state index contributed by atoms with van der Waals surface area (Å²) >= 11 is 1.10. The molecule has 1 aliphatic heterocycles. The van der Waals surface area contributed by atoms with Gasteiger partial charge in [-0.1, -0.05) is 0 Å². The Kier molecular flexibility index (Phi) is 3.98. The van der Waals surface area contributed by atoms with Gasteiger partial charge in [0.2, 0.25) is 0 Å². The summed E-state index contributed by atoms with van der Waals surface area (Å²) in [6.07, 6.45) is 1.21. The van der Waals surface area contributed by atoms with Crippen molar-refractivity contribution < 1.29 is 24.2 Å². The normalized spacial score (nSPS) is 18.2. The quantitative estimate of drug-likeness (QED) is 0.847. The van der Waals surface area contributed by atoms with Crippen LogP contribution in [-0.4, -0.2) is 42.2 Å². The van der Waals surface area contributed by atoms with E-state index in [1.54, 1.807) is 7.11 Å². The lowest BCUT2D eigenvalue weighted by Crippen LogP contribution is -2.35. The molecule has 7 heteroatoms. The number of hydrogen-bond donors (Lipinski definition) is 1. The summed E-state index contributed by atoms with van der Waals surface area (Å²) < 4.78 is 10.8. The zero-order chi connectivity index (χ0) is 14.0. The maximum atomic E-state index is 11.5. The number of ether oxygens (including phenoxy) is 2. The van der Waals surface area contributed by atoms with Gasteiger partial charge >= 0.3 is 5.97 Å². The highest BCUT2D eigenvalue weighted by Gasteiger charge is 2.39. The van der Waals surface area contributed by atoms with Crippen LogP contribution in [-0.2, 0) is 15.1 Å². The summed E-state index contributed by atoms with van der Waals surface area (Å²) in [7, 11) is 1.57. The van der Waals surface area contributed by atoms with Crippen LogP contribution in [0.4, 0.5) is 0 Å². The molecular formula is C12H15NO5S. The van der Waals surface area contributed by atoms with Gasteiger partial charge in [0.15, 0.2) is 11.5 Å². The molecule has 0 aromatic carbocycles. The zero-order valence-electron chi connectivity index (χ0n) is 10.8. The maximum absolute atomic E-state index is 11.5. The van der Waals surface area contributed by atoms with Gasteiger partial charge in [-0.3, -0.25) is 4.79 Å². The van der Waals surface area contributed by atoms with E-state index >= 15 is 0 Å². The van der Waals surface area contributed by atoms with Crippen molar-refractivity contribution >= 4 is 23.1 Å². The topological polar surface area (TPSA) is 85.7 Å². The first-order valence-corrected chi connectivity index (χ1v) is 6.70. The first kappa shape index (κ1) is 14.1. The third-order valence-electron chi connectivity index (χ3n) is 3.23. The van der Waals surface area contributed by atoms with Gasteiger partial charge < -0.3 is 14.6 Å². The Bertz CT molecular complexity index is 473. The molecule has 1 aromatic heterocycles. The van der Waals surface area contributed by atoms with Gasteiger partial charge in [-0.15, -0.1) is 11.3 Å². The zero-order valence-corrected chi connectivity index (χ0v) is 11.6. The second-order valence-electron chi connectivity index (χ2n) is 4.37. The van der Waals surface area contributed by atoms with E-state index in [1.165, 1.54) is 6.92 Å². The molecule has 2 rings (SSSR count). The van der Waals surface area contributed by atoms with Crippen molar-refractivity contribution in [1.82, 2.24) is 4.98 Å². The second-order valence-corrected chi connectivity index (χ2v) is 5.37. The number of thiazole rings is 1. The minimum atomic E-state index is -1.19. The van der Waals surface area contributed by atoms with E-state index in [-0.39, 0.29) is 16.4 Å². The summed E-state index contributed by atoms with van der Waals surface area (Å²) in [4.78, 5) is 26.9. The van der Waals surface area contributed by atoms with Crippen LogP contribution in [0.1, 0.15) is 44.9 Å². The number of Topliss-reactive ketones (excluding diaryl/α,β-unsaturated/α-hetero) is 1. The summed E-state index contributed by atoms with van der Waals surface area (Å²) in [5.41, 5.74) is -0.823. The fraction of sp³-hybridized carbons (Fsp3) is 0.583. The monoisotopic (exact) mass is 285 g/mol. The minimum Gasteiger partial charge on any atom is -0.476 e. The number of aromatic nitrogens is 1. The van der Waals surface area contributed by atoms with Crippen molar-refractivity contribution in [2.24, 2.45) is 0 Å². The fourth-order valence-corrected chi connectivity index (χ4v) is 3.28. The van der Waals surface area contributed by atoms with Crippen molar-refractivity contribution in [3.63, 3.8) is 0 Å². The van der Waals surface area contributed by atoms with Gasteiger partial charge in [0.05, 0.1) is 0 Å². The Labute approximate surface area is 114 Å². The summed E-state index contributed by atoms with van der Waals surface area (Å²) in [5.74, 6) is -1.48. The molecule has 1 aromatic rings. The highest BCUT2D eigenvalue weighted by Crippen LogP contribution is 2.38. The van der Waals surface area contributed by atoms with Crippen LogP contribution in [0, 0.1) is 0 Å². The third kappa shape index (κ3) is 2.54. The molecule has 0 spiro atoms. The molecular weight excluding hydrogens is 270 g/mol. The smallest absolute Gasteiger partial charge is 0.356 e. The van der Waals surface area contributed by atoms with Crippen molar-refractivity contribution in [3.8, 4) is 0 Å². The lowest BCUT2D eigenvalue weighted by Gasteiger charge is -2.33. The predicted molar refractivity (Wildman–Crippen MR) is 67.8 cm³/mol. The molecule has 1 aliphatic rings. The highest BCUT2D eigenvalue weighted by molar-refractivity contribution is 7.14. The molecule has 104 valence electrons. The first-order valence-electron chi connectivity index (χ1n) is 5.88. The van der Waals surface area contributed by atoms with Gasteiger partial charge in [-0.05, 0) is 0 Å². The Hall–Kier alpha value is -1.31. The van der Waals surface area contributed by atoms with Gasteiger partial charge in [0.1, 0.15) is 15.5 Å². The number of carboxylic acids is 1. The molecule has 0 bridgehead atoms. The average molecular weight is 285 g/mol. The lowest BCUT2D eigenvalue weighted by molar-refractivity contribution is -0.0948. The van der Waals surface area contributed by atoms with Gasteiger partial charge in [-0.2, -0.15) is 0 Å². The minimum absolute atomic E-state index is 0.172. The third-order valence-corrected chi connectivity index (χ3v) is 4.57.